The molecule has 0 saturated carbocycles. The number of carbonyl (C=O) groups excluding carboxylic acids is 1. The molecule has 0 bridgehead atoms. The first-order chi connectivity index (χ1) is 6.25. The molecule has 3 heteroatoms. The van der Waals surface area contributed by atoms with Gasteiger partial charge in [-0.3, -0.25) is 10.2 Å². The predicted molar refractivity (Wildman–Crippen MR) is 51.5 cm³/mol. The van der Waals surface area contributed by atoms with Gasteiger partial charge in [0.1, 0.15) is 0 Å². The van der Waals surface area contributed by atoms with Crippen LogP contribution in [0.4, 0.5) is 5.69 Å². The molecule has 3 nitrogen and oxygen atoms in total. The molecule has 1 aliphatic rings. The number of hydrogen-bond acceptors (Lipinski definition) is 2. The molecule has 1 aromatic carbocycles. The summed E-state index contributed by atoms with van der Waals surface area (Å²) >= 11 is 0. The third kappa shape index (κ3) is 0.967. The number of carbonyl (C=O) groups is 1. The Hall–Kier alpha value is -1.64. The molecule has 1 N–H and O–H groups in total. The molecule has 66 valence electrons. The average Bonchev–Trinajstić information content (AvgIpc) is 2.41. The van der Waals surface area contributed by atoms with Crippen molar-refractivity contribution in [2.75, 3.05) is 11.4 Å². The van der Waals surface area contributed by atoms with Crippen LogP contribution >= 0.6 is 0 Å². The van der Waals surface area contributed by atoms with E-state index in [4.69, 9.17) is 5.41 Å². The highest BCUT2D eigenvalue weighted by molar-refractivity contribution is 6.53. The summed E-state index contributed by atoms with van der Waals surface area (Å²) in [5, 5.41) is 7.57. The van der Waals surface area contributed by atoms with Gasteiger partial charge in [0.2, 0.25) is 5.78 Å². The van der Waals surface area contributed by atoms with Gasteiger partial charge < -0.3 is 4.90 Å². The highest BCUT2D eigenvalue weighted by Crippen LogP contribution is 2.27. The zero-order valence-electron chi connectivity index (χ0n) is 7.37. The SMILES string of the molecule is CCN1C(=N)C(=O)c2ccccc21. The lowest BCUT2D eigenvalue weighted by molar-refractivity contribution is 0.106. The van der Waals surface area contributed by atoms with Gasteiger partial charge in [0.25, 0.3) is 0 Å². The van der Waals surface area contributed by atoms with E-state index in [-0.39, 0.29) is 11.6 Å². The fourth-order valence-corrected chi connectivity index (χ4v) is 1.60. The number of Topliss-reactive ketones (excluding diaryl/α,β-unsaturated/α-hetero) is 1. The molecule has 0 radical (unpaired) electrons. The monoisotopic (exact) mass is 174 g/mol. The van der Waals surface area contributed by atoms with Crippen molar-refractivity contribution in [1.82, 2.24) is 0 Å². The molecule has 0 spiro atoms. The largest absolute Gasteiger partial charge is 0.323 e. The van der Waals surface area contributed by atoms with Gasteiger partial charge in [-0.1, -0.05) is 12.1 Å². The van der Waals surface area contributed by atoms with E-state index < -0.39 is 0 Å². The summed E-state index contributed by atoms with van der Waals surface area (Å²) < 4.78 is 0. The first-order valence-corrected chi connectivity index (χ1v) is 4.25. The number of nitrogens with zero attached hydrogens (tertiary/aromatic N) is 1. The minimum atomic E-state index is -0.169. The molecule has 0 atom stereocenters. The van der Waals surface area contributed by atoms with Crippen LogP contribution in [0, 0.1) is 5.41 Å². The van der Waals surface area contributed by atoms with Gasteiger partial charge >= 0.3 is 0 Å². The van der Waals surface area contributed by atoms with Crippen molar-refractivity contribution in [3.8, 4) is 0 Å². The van der Waals surface area contributed by atoms with Gasteiger partial charge in [-0.2, -0.15) is 0 Å². The van der Waals surface area contributed by atoms with Crippen LogP contribution in [0.3, 0.4) is 0 Å². The standard InChI is InChI=1S/C10H10N2O/c1-2-12-8-6-4-3-5-7(8)9(13)10(12)11/h3-6,11H,2H2,1H3. The van der Waals surface area contributed by atoms with Crippen molar-refractivity contribution in [3.63, 3.8) is 0 Å². The van der Waals surface area contributed by atoms with Gasteiger partial charge in [0.05, 0.1) is 5.69 Å². The predicted octanol–water partition coefficient (Wildman–Crippen LogP) is 1.69. The van der Waals surface area contributed by atoms with Gasteiger partial charge in [0, 0.05) is 12.1 Å². The second-order valence-electron chi connectivity index (χ2n) is 2.94. The van der Waals surface area contributed by atoms with Crippen LogP contribution in [0.2, 0.25) is 0 Å². The Balaban J connectivity index is 2.60. The van der Waals surface area contributed by atoms with Gasteiger partial charge in [-0.15, -0.1) is 0 Å². The van der Waals surface area contributed by atoms with Crippen molar-refractivity contribution in [2.24, 2.45) is 0 Å². The molecule has 1 heterocycles. The molecule has 0 aliphatic carbocycles. The van der Waals surface area contributed by atoms with Crippen molar-refractivity contribution in [2.45, 2.75) is 6.92 Å². The summed E-state index contributed by atoms with van der Waals surface area (Å²) in [5.74, 6) is -0.0823. The molecule has 0 amide bonds. The lowest BCUT2D eigenvalue weighted by Gasteiger charge is -2.14. The van der Waals surface area contributed by atoms with E-state index in [0.29, 0.717) is 12.1 Å². The molecule has 1 aliphatic heterocycles. The lowest BCUT2D eigenvalue weighted by atomic mass is 10.1. The molecule has 0 unspecified atom stereocenters. The van der Waals surface area contributed by atoms with E-state index in [2.05, 4.69) is 0 Å². The molecule has 0 aromatic heterocycles. The van der Waals surface area contributed by atoms with Crippen molar-refractivity contribution >= 4 is 17.3 Å². The molecule has 0 saturated heterocycles. The summed E-state index contributed by atoms with van der Waals surface area (Å²) in [4.78, 5) is 13.2. The van der Waals surface area contributed by atoms with E-state index in [1.807, 2.05) is 25.1 Å². The topological polar surface area (TPSA) is 44.2 Å². The first-order valence-electron chi connectivity index (χ1n) is 4.25. The van der Waals surface area contributed by atoms with E-state index >= 15 is 0 Å². The Kier molecular flexibility index (Phi) is 1.65. The maximum atomic E-state index is 11.5. The molecule has 2 rings (SSSR count). The average molecular weight is 174 g/mol. The molecule has 13 heavy (non-hydrogen) atoms. The summed E-state index contributed by atoms with van der Waals surface area (Å²) in [6.07, 6.45) is 0. The third-order valence-corrected chi connectivity index (χ3v) is 2.24. The van der Waals surface area contributed by atoms with Crippen molar-refractivity contribution < 1.29 is 4.79 Å². The van der Waals surface area contributed by atoms with Crippen molar-refractivity contribution in [1.29, 1.82) is 5.41 Å². The zero-order valence-corrected chi connectivity index (χ0v) is 7.37. The number of fused-ring (bicyclic) bond motifs is 1. The Morgan fingerprint density at radius 2 is 2.08 bits per heavy atom. The third-order valence-electron chi connectivity index (χ3n) is 2.24. The fraction of sp³-hybridized carbons (Fsp3) is 0.200. The van der Waals surface area contributed by atoms with E-state index in [1.54, 1.807) is 11.0 Å². The van der Waals surface area contributed by atoms with Crippen LogP contribution < -0.4 is 4.90 Å². The maximum absolute atomic E-state index is 11.5. The number of para-hydroxylation sites is 1. The van der Waals surface area contributed by atoms with Crippen LogP contribution in [0.25, 0.3) is 0 Å². The number of rotatable bonds is 1. The summed E-state index contributed by atoms with van der Waals surface area (Å²) in [5.41, 5.74) is 1.51. The Labute approximate surface area is 76.5 Å². The second kappa shape index (κ2) is 2.69. The van der Waals surface area contributed by atoms with Crippen LogP contribution in [0.15, 0.2) is 24.3 Å². The minimum Gasteiger partial charge on any atom is -0.323 e. The molecular weight excluding hydrogens is 164 g/mol. The summed E-state index contributed by atoms with van der Waals surface area (Å²) in [6, 6.07) is 7.34. The number of anilines is 1. The van der Waals surface area contributed by atoms with Crippen LogP contribution in [-0.4, -0.2) is 18.2 Å². The first kappa shape index (κ1) is 7.98. The molecule has 0 fully saturated rings. The fourth-order valence-electron chi connectivity index (χ4n) is 1.60. The highest BCUT2D eigenvalue weighted by atomic mass is 16.1. The zero-order chi connectivity index (χ0) is 9.42. The van der Waals surface area contributed by atoms with Crippen LogP contribution in [0.1, 0.15) is 17.3 Å². The van der Waals surface area contributed by atoms with Crippen LogP contribution in [-0.2, 0) is 0 Å². The summed E-state index contributed by atoms with van der Waals surface area (Å²) in [7, 11) is 0. The van der Waals surface area contributed by atoms with Gasteiger partial charge in [0.15, 0.2) is 5.84 Å². The molecule has 1 aromatic rings. The highest BCUT2D eigenvalue weighted by Gasteiger charge is 2.30. The Morgan fingerprint density at radius 3 is 2.77 bits per heavy atom. The van der Waals surface area contributed by atoms with E-state index in [1.165, 1.54) is 0 Å². The number of nitrogens with one attached hydrogen (secondary N) is 1. The number of ketones is 1. The number of hydrogen-bond donors (Lipinski definition) is 1. The van der Waals surface area contributed by atoms with Crippen molar-refractivity contribution in [3.05, 3.63) is 29.8 Å². The van der Waals surface area contributed by atoms with E-state index in [9.17, 15) is 4.79 Å². The quantitative estimate of drug-likeness (QED) is 0.704. The van der Waals surface area contributed by atoms with Crippen LogP contribution in [0.5, 0.6) is 0 Å². The lowest BCUT2D eigenvalue weighted by Crippen LogP contribution is -2.28. The maximum Gasteiger partial charge on any atom is 0.229 e. The number of likely N-dealkylation sites (N-methyl/N-ethyl adjacent to an activating group) is 1. The smallest absolute Gasteiger partial charge is 0.229 e. The second-order valence-corrected chi connectivity index (χ2v) is 2.94. The minimum absolute atomic E-state index is 0.0868. The molecular formula is C10H10N2O. The normalized spacial score (nSPS) is 15.0. The van der Waals surface area contributed by atoms with Gasteiger partial charge in [-0.05, 0) is 19.1 Å². The number of benzene rings is 1. The summed E-state index contributed by atoms with van der Waals surface area (Å²) in [6.45, 7) is 2.60. The Bertz CT molecular complexity index is 384. The van der Waals surface area contributed by atoms with Gasteiger partial charge in [-0.25, -0.2) is 0 Å². The van der Waals surface area contributed by atoms with E-state index in [0.717, 1.165) is 5.69 Å². The number of amidine groups is 1. The Morgan fingerprint density at radius 1 is 1.38 bits per heavy atom.